The number of benzene rings is 1. The van der Waals surface area contributed by atoms with Gasteiger partial charge in [0.15, 0.2) is 0 Å². The summed E-state index contributed by atoms with van der Waals surface area (Å²) in [6, 6.07) is 5.04. The fourth-order valence-corrected chi connectivity index (χ4v) is 1.42. The maximum Gasteiger partial charge on any atom is 0.227 e. The van der Waals surface area contributed by atoms with Gasteiger partial charge in [0.2, 0.25) is 5.91 Å². The number of amides is 1. The van der Waals surface area contributed by atoms with Gasteiger partial charge in [-0.15, -0.1) is 0 Å². The first kappa shape index (κ1) is 12.8. The molecule has 1 atom stereocenters. The van der Waals surface area contributed by atoms with E-state index in [1.54, 1.807) is 18.2 Å². The van der Waals surface area contributed by atoms with Crippen molar-refractivity contribution in [3.63, 3.8) is 0 Å². The zero-order valence-corrected chi connectivity index (χ0v) is 10.5. The van der Waals surface area contributed by atoms with Gasteiger partial charge < -0.3 is 11.1 Å². The minimum absolute atomic E-state index is 0.0262. The predicted molar refractivity (Wildman–Crippen MR) is 68.5 cm³/mol. The molecule has 1 rings (SSSR count). The number of nitrogens with one attached hydrogen (secondary N) is 1. The van der Waals surface area contributed by atoms with E-state index < -0.39 is 0 Å². The average molecular weight is 241 g/mol. The summed E-state index contributed by atoms with van der Waals surface area (Å²) in [6.45, 7) is 5.91. The second-order valence-corrected chi connectivity index (χ2v) is 4.67. The highest BCUT2D eigenvalue weighted by Crippen LogP contribution is 2.25. The van der Waals surface area contributed by atoms with Crippen molar-refractivity contribution in [1.82, 2.24) is 0 Å². The molecule has 0 aromatic heterocycles. The largest absolute Gasteiger partial charge is 0.399 e. The number of hydrogen-bond donors (Lipinski definition) is 2. The summed E-state index contributed by atoms with van der Waals surface area (Å²) in [4.78, 5) is 11.8. The Morgan fingerprint density at radius 2 is 2.00 bits per heavy atom. The maximum absolute atomic E-state index is 11.8. The van der Waals surface area contributed by atoms with Crippen LogP contribution in [0.15, 0.2) is 18.2 Å². The molecule has 0 saturated carbocycles. The average Bonchev–Trinajstić information content (AvgIpc) is 2.20. The summed E-state index contributed by atoms with van der Waals surface area (Å²) in [5, 5.41) is 3.25. The van der Waals surface area contributed by atoms with Crippen LogP contribution in [0.5, 0.6) is 0 Å². The molecular weight excluding hydrogens is 224 g/mol. The zero-order chi connectivity index (χ0) is 12.3. The van der Waals surface area contributed by atoms with E-state index in [9.17, 15) is 4.79 Å². The zero-order valence-electron chi connectivity index (χ0n) is 9.75. The summed E-state index contributed by atoms with van der Waals surface area (Å²) < 4.78 is 0. The van der Waals surface area contributed by atoms with Crippen molar-refractivity contribution in [3.8, 4) is 0 Å². The van der Waals surface area contributed by atoms with Crippen molar-refractivity contribution in [2.75, 3.05) is 11.1 Å². The molecule has 0 aliphatic carbocycles. The van der Waals surface area contributed by atoms with Gasteiger partial charge in [-0.1, -0.05) is 32.4 Å². The van der Waals surface area contributed by atoms with Gasteiger partial charge >= 0.3 is 0 Å². The summed E-state index contributed by atoms with van der Waals surface area (Å²) in [5.41, 5.74) is 6.76. The number of rotatable bonds is 3. The molecule has 1 aromatic carbocycles. The number of carbonyl (C=O) groups excluding carboxylic acids is 1. The minimum atomic E-state index is -0.0476. The second-order valence-electron chi connectivity index (χ2n) is 4.26. The molecule has 1 aromatic rings. The van der Waals surface area contributed by atoms with Gasteiger partial charge in [-0.2, -0.15) is 0 Å². The Morgan fingerprint density at radius 3 is 2.50 bits per heavy atom. The molecule has 0 saturated heterocycles. The lowest BCUT2D eigenvalue weighted by molar-refractivity contribution is -0.120. The molecular formula is C12H17ClN2O. The molecule has 1 unspecified atom stereocenters. The van der Waals surface area contributed by atoms with E-state index in [1.165, 1.54) is 0 Å². The monoisotopic (exact) mass is 240 g/mol. The standard InChI is InChI=1S/C12H17ClN2O/c1-7(2)8(3)12(16)15-11-5-4-9(14)6-10(11)13/h4-8H,14H2,1-3H3,(H,15,16). The molecule has 0 radical (unpaired) electrons. The molecule has 3 N–H and O–H groups in total. The van der Waals surface area contributed by atoms with E-state index in [-0.39, 0.29) is 11.8 Å². The minimum Gasteiger partial charge on any atom is -0.399 e. The summed E-state index contributed by atoms with van der Waals surface area (Å²) >= 11 is 5.96. The van der Waals surface area contributed by atoms with E-state index in [4.69, 9.17) is 17.3 Å². The molecule has 0 aliphatic heterocycles. The highest BCUT2D eigenvalue weighted by Gasteiger charge is 2.17. The van der Waals surface area contributed by atoms with E-state index in [2.05, 4.69) is 5.32 Å². The van der Waals surface area contributed by atoms with Gasteiger partial charge in [-0.05, 0) is 24.1 Å². The number of nitrogens with two attached hydrogens (primary N) is 1. The van der Waals surface area contributed by atoms with Crippen LogP contribution in [0, 0.1) is 11.8 Å². The molecule has 88 valence electrons. The Labute approximate surface area is 101 Å². The molecule has 3 nitrogen and oxygen atoms in total. The number of hydrogen-bond acceptors (Lipinski definition) is 2. The highest BCUT2D eigenvalue weighted by atomic mass is 35.5. The number of nitrogen functional groups attached to an aromatic ring is 1. The van der Waals surface area contributed by atoms with Crippen molar-refractivity contribution in [2.45, 2.75) is 20.8 Å². The van der Waals surface area contributed by atoms with Crippen molar-refractivity contribution in [2.24, 2.45) is 11.8 Å². The van der Waals surface area contributed by atoms with Crippen molar-refractivity contribution >= 4 is 28.9 Å². The molecule has 1 amide bonds. The van der Waals surface area contributed by atoms with Crippen molar-refractivity contribution < 1.29 is 4.79 Å². The van der Waals surface area contributed by atoms with Gasteiger partial charge in [0, 0.05) is 11.6 Å². The van der Waals surface area contributed by atoms with E-state index >= 15 is 0 Å². The predicted octanol–water partition coefficient (Wildman–Crippen LogP) is 3.15. The van der Waals surface area contributed by atoms with Crippen LogP contribution in [0.3, 0.4) is 0 Å². The van der Waals surface area contributed by atoms with Crippen LogP contribution in [0.1, 0.15) is 20.8 Å². The first-order valence-corrected chi connectivity index (χ1v) is 5.65. The molecule has 0 bridgehead atoms. The topological polar surface area (TPSA) is 55.1 Å². The number of carbonyl (C=O) groups is 1. The van der Waals surface area contributed by atoms with Gasteiger partial charge in [-0.3, -0.25) is 4.79 Å². The Kier molecular flexibility index (Phi) is 4.19. The SMILES string of the molecule is CC(C)C(C)C(=O)Nc1ccc(N)cc1Cl. The second kappa shape index (κ2) is 5.21. The molecule has 0 spiro atoms. The first-order chi connectivity index (χ1) is 7.41. The summed E-state index contributed by atoms with van der Waals surface area (Å²) in [6.07, 6.45) is 0. The number of halogens is 1. The van der Waals surface area contributed by atoms with Crippen LogP contribution in [-0.2, 0) is 4.79 Å². The lowest BCUT2D eigenvalue weighted by Crippen LogP contribution is -2.24. The van der Waals surface area contributed by atoms with Crippen LogP contribution in [-0.4, -0.2) is 5.91 Å². The molecule has 0 heterocycles. The Balaban J connectivity index is 2.77. The molecule has 4 heteroatoms. The van der Waals surface area contributed by atoms with Gasteiger partial charge in [0.25, 0.3) is 0 Å². The van der Waals surface area contributed by atoms with Crippen LogP contribution in [0.4, 0.5) is 11.4 Å². The Bertz CT molecular complexity index is 391. The lowest BCUT2D eigenvalue weighted by atomic mass is 9.97. The molecule has 0 fully saturated rings. The molecule has 16 heavy (non-hydrogen) atoms. The van der Waals surface area contributed by atoms with Crippen LogP contribution < -0.4 is 11.1 Å². The normalized spacial score (nSPS) is 12.6. The van der Waals surface area contributed by atoms with Gasteiger partial charge in [0.1, 0.15) is 0 Å². The van der Waals surface area contributed by atoms with Crippen molar-refractivity contribution in [3.05, 3.63) is 23.2 Å². The summed E-state index contributed by atoms with van der Waals surface area (Å²) in [5.74, 6) is 0.225. The first-order valence-electron chi connectivity index (χ1n) is 5.27. The van der Waals surface area contributed by atoms with Crippen molar-refractivity contribution in [1.29, 1.82) is 0 Å². The fraction of sp³-hybridized carbons (Fsp3) is 0.417. The fourth-order valence-electron chi connectivity index (χ4n) is 1.18. The Morgan fingerprint density at radius 1 is 1.38 bits per heavy atom. The molecule has 0 aliphatic rings. The third-order valence-corrected chi connectivity index (χ3v) is 2.98. The van der Waals surface area contributed by atoms with E-state index in [1.807, 2.05) is 20.8 Å². The van der Waals surface area contributed by atoms with E-state index in [0.29, 0.717) is 22.3 Å². The van der Waals surface area contributed by atoms with Crippen LogP contribution in [0.25, 0.3) is 0 Å². The van der Waals surface area contributed by atoms with Crippen LogP contribution >= 0.6 is 11.6 Å². The lowest BCUT2D eigenvalue weighted by Gasteiger charge is -2.16. The van der Waals surface area contributed by atoms with Gasteiger partial charge in [-0.25, -0.2) is 0 Å². The van der Waals surface area contributed by atoms with Crippen LogP contribution in [0.2, 0.25) is 5.02 Å². The third kappa shape index (κ3) is 3.14. The maximum atomic E-state index is 11.8. The summed E-state index contributed by atoms with van der Waals surface area (Å²) in [7, 11) is 0. The number of anilines is 2. The smallest absolute Gasteiger partial charge is 0.227 e. The highest BCUT2D eigenvalue weighted by molar-refractivity contribution is 6.34. The quantitative estimate of drug-likeness (QED) is 0.798. The third-order valence-electron chi connectivity index (χ3n) is 2.66. The van der Waals surface area contributed by atoms with Gasteiger partial charge in [0.05, 0.1) is 10.7 Å². The Hall–Kier alpha value is -1.22. The van der Waals surface area contributed by atoms with E-state index in [0.717, 1.165) is 0 Å².